The number of aliphatic hydroxyl groups is 1. The maximum absolute atomic E-state index is 13.1. The van der Waals surface area contributed by atoms with Gasteiger partial charge >= 0.3 is 0 Å². The third-order valence-corrected chi connectivity index (χ3v) is 5.67. The number of halogens is 1. The van der Waals surface area contributed by atoms with Crippen LogP contribution in [0.2, 0.25) is 0 Å². The number of rotatable bonds is 4. The average Bonchev–Trinajstić information content (AvgIpc) is 3.05. The van der Waals surface area contributed by atoms with Gasteiger partial charge in [-0.3, -0.25) is 19.3 Å². The molecule has 1 aliphatic heterocycles. The van der Waals surface area contributed by atoms with Crippen LogP contribution in [0.3, 0.4) is 0 Å². The number of anilines is 2. The molecule has 2 amide bonds. The fourth-order valence-corrected chi connectivity index (χ4v) is 3.98. The van der Waals surface area contributed by atoms with Crippen molar-refractivity contribution in [1.29, 1.82) is 0 Å². The zero-order valence-corrected chi connectivity index (χ0v) is 18.7. The zero-order chi connectivity index (χ0) is 22.8. The molecular weight excluding hydrogens is 472 g/mol. The molecule has 1 saturated heterocycles. The third-order valence-electron chi connectivity index (χ3n) is 5.14. The number of carbonyl (C=O) groups is 3. The van der Waals surface area contributed by atoms with E-state index in [2.05, 4.69) is 21.2 Å². The van der Waals surface area contributed by atoms with E-state index in [0.29, 0.717) is 22.5 Å². The summed E-state index contributed by atoms with van der Waals surface area (Å²) in [4.78, 5) is 38.9. The molecule has 6 nitrogen and oxygen atoms in total. The largest absolute Gasteiger partial charge is 0.507 e. The van der Waals surface area contributed by atoms with Crippen molar-refractivity contribution in [1.82, 2.24) is 0 Å². The summed E-state index contributed by atoms with van der Waals surface area (Å²) in [6.07, 6.45) is 0. The number of amides is 2. The van der Waals surface area contributed by atoms with E-state index in [1.165, 1.54) is 11.8 Å². The predicted molar refractivity (Wildman–Crippen MR) is 126 cm³/mol. The number of hydrogen-bond acceptors (Lipinski definition) is 4. The first kappa shape index (κ1) is 21.5. The van der Waals surface area contributed by atoms with Crippen LogP contribution in [0.5, 0.6) is 0 Å². The number of hydrogen-bond donors (Lipinski definition) is 2. The van der Waals surface area contributed by atoms with Crippen molar-refractivity contribution in [3.8, 4) is 0 Å². The number of nitrogens with one attached hydrogen (secondary N) is 1. The molecule has 32 heavy (non-hydrogen) atoms. The van der Waals surface area contributed by atoms with Crippen molar-refractivity contribution >= 4 is 50.7 Å². The number of nitrogens with zero attached hydrogens (tertiary/aromatic N) is 1. The minimum Gasteiger partial charge on any atom is -0.507 e. The summed E-state index contributed by atoms with van der Waals surface area (Å²) in [6.45, 7) is 1.41. The molecule has 0 spiro atoms. The summed E-state index contributed by atoms with van der Waals surface area (Å²) in [5.74, 6) is -1.93. The molecule has 0 radical (unpaired) electrons. The van der Waals surface area contributed by atoms with Crippen LogP contribution < -0.4 is 10.2 Å². The normalized spacial score (nSPS) is 17.4. The maximum atomic E-state index is 13.1. The topological polar surface area (TPSA) is 86.7 Å². The van der Waals surface area contributed by atoms with E-state index in [0.717, 1.165) is 4.47 Å². The molecule has 1 fully saturated rings. The van der Waals surface area contributed by atoms with Crippen molar-refractivity contribution in [2.75, 3.05) is 10.2 Å². The molecule has 1 heterocycles. The van der Waals surface area contributed by atoms with E-state index in [1.54, 1.807) is 66.7 Å². The van der Waals surface area contributed by atoms with Gasteiger partial charge in [-0.25, -0.2) is 0 Å². The number of benzene rings is 3. The van der Waals surface area contributed by atoms with Gasteiger partial charge in [0.15, 0.2) is 0 Å². The van der Waals surface area contributed by atoms with Gasteiger partial charge in [-0.1, -0.05) is 58.4 Å². The summed E-state index contributed by atoms with van der Waals surface area (Å²) >= 11 is 3.40. The van der Waals surface area contributed by atoms with Crippen LogP contribution in [-0.2, 0) is 14.4 Å². The Morgan fingerprint density at radius 3 is 2.16 bits per heavy atom. The van der Waals surface area contributed by atoms with Gasteiger partial charge in [-0.05, 0) is 42.0 Å². The molecule has 2 N–H and O–H groups in total. The highest BCUT2D eigenvalue weighted by Crippen LogP contribution is 2.42. The lowest BCUT2D eigenvalue weighted by atomic mass is 9.95. The summed E-state index contributed by atoms with van der Waals surface area (Å²) < 4.78 is 0.848. The fourth-order valence-electron chi connectivity index (χ4n) is 3.72. The molecule has 0 aliphatic carbocycles. The van der Waals surface area contributed by atoms with E-state index in [4.69, 9.17) is 0 Å². The standard InChI is InChI=1S/C25H19BrN2O4/c1-15(29)27-19-11-13-20(14-12-19)28-22(16-7-9-18(26)10-8-16)21(24(31)25(28)32)23(30)17-5-3-2-4-6-17/h2-14,22,30H,1H3,(H,27,29)/b23-21+/t22-/m0/s1. The van der Waals surface area contributed by atoms with Gasteiger partial charge in [-0.2, -0.15) is 0 Å². The number of aliphatic hydroxyl groups excluding tert-OH is 1. The Morgan fingerprint density at radius 1 is 0.938 bits per heavy atom. The second kappa shape index (κ2) is 8.80. The van der Waals surface area contributed by atoms with Crippen molar-refractivity contribution in [2.45, 2.75) is 13.0 Å². The lowest BCUT2D eigenvalue weighted by molar-refractivity contribution is -0.132. The van der Waals surface area contributed by atoms with Gasteiger partial charge < -0.3 is 10.4 Å². The second-order valence-corrected chi connectivity index (χ2v) is 8.23. The highest BCUT2D eigenvalue weighted by Gasteiger charge is 2.46. The van der Waals surface area contributed by atoms with Crippen molar-refractivity contribution in [3.05, 3.63) is 100 Å². The van der Waals surface area contributed by atoms with Crippen molar-refractivity contribution in [2.24, 2.45) is 0 Å². The first-order valence-electron chi connectivity index (χ1n) is 9.86. The van der Waals surface area contributed by atoms with Crippen LogP contribution in [0.25, 0.3) is 5.76 Å². The molecule has 0 unspecified atom stereocenters. The van der Waals surface area contributed by atoms with Crippen LogP contribution in [-0.4, -0.2) is 22.7 Å². The summed E-state index contributed by atoms with van der Waals surface area (Å²) in [5.41, 5.74) is 2.20. The van der Waals surface area contributed by atoms with E-state index in [1.807, 2.05) is 12.1 Å². The first-order chi connectivity index (χ1) is 15.4. The van der Waals surface area contributed by atoms with Crippen LogP contribution in [0.15, 0.2) is 88.9 Å². The van der Waals surface area contributed by atoms with Crippen LogP contribution >= 0.6 is 15.9 Å². The maximum Gasteiger partial charge on any atom is 0.300 e. The minimum atomic E-state index is -0.810. The Labute approximate surface area is 193 Å². The van der Waals surface area contributed by atoms with Gasteiger partial charge in [-0.15, -0.1) is 0 Å². The van der Waals surface area contributed by atoms with Gasteiger partial charge in [0.25, 0.3) is 11.7 Å². The Morgan fingerprint density at radius 2 is 1.56 bits per heavy atom. The Kier molecular flexibility index (Phi) is 5.92. The molecular formula is C25H19BrN2O4. The highest BCUT2D eigenvalue weighted by molar-refractivity contribution is 9.10. The van der Waals surface area contributed by atoms with Crippen LogP contribution in [0.4, 0.5) is 11.4 Å². The fraction of sp³-hybridized carbons (Fsp3) is 0.0800. The monoisotopic (exact) mass is 490 g/mol. The molecule has 0 aromatic heterocycles. The van der Waals surface area contributed by atoms with Gasteiger partial charge in [0.2, 0.25) is 5.91 Å². The SMILES string of the molecule is CC(=O)Nc1ccc(N2C(=O)C(=O)/C(=C(/O)c3ccccc3)[C@@H]2c2ccc(Br)cc2)cc1. The van der Waals surface area contributed by atoms with E-state index < -0.39 is 17.7 Å². The van der Waals surface area contributed by atoms with E-state index >= 15 is 0 Å². The summed E-state index contributed by atoms with van der Waals surface area (Å²) in [6, 6.07) is 21.7. The number of Topliss-reactive ketones (excluding diaryl/α,β-unsaturated/α-hetero) is 1. The predicted octanol–water partition coefficient (Wildman–Crippen LogP) is 5.03. The van der Waals surface area contributed by atoms with Gasteiger partial charge in [0, 0.05) is 28.3 Å². The molecule has 3 aromatic carbocycles. The Bertz CT molecular complexity index is 1220. The Balaban J connectivity index is 1.87. The quantitative estimate of drug-likeness (QED) is 0.305. The summed E-state index contributed by atoms with van der Waals surface area (Å²) in [5, 5.41) is 13.7. The molecule has 160 valence electrons. The molecule has 4 rings (SSSR count). The average molecular weight is 491 g/mol. The zero-order valence-electron chi connectivity index (χ0n) is 17.1. The second-order valence-electron chi connectivity index (χ2n) is 7.31. The van der Waals surface area contributed by atoms with Crippen molar-refractivity contribution < 1.29 is 19.5 Å². The molecule has 1 aliphatic rings. The minimum absolute atomic E-state index is 0.0226. The Hall–Kier alpha value is -3.71. The molecule has 1 atom stereocenters. The number of carbonyl (C=O) groups excluding carboxylic acids is 3. The van der Waals surface area contributed by atoms with E-state index in [-0.39, 0.29) is 17.2 Å². The molecule has 0 saturated carbocycles. The van der Waals surface area contributed by atoms with Crippen LogP contribution in [0.1, 0.15) is 24.1 Å². The third kappa shape index (κ3) is 4.07. The summed E-state index contributed by atoms with van der Waals surface area (Å²) in [7, 11) is 0. The lowest BCUT2D eigenvalue weighted by Crippen LogP contribution is -2.29. The first-order valence-corrected chi connectivity index (χ1v) is 10.7. The van der Waals surface area contributed by atoms with Crippen LogP contribution in [0, 0.1) is 0 Å². The van der Waals surface area contributed by atoms with Gasteiger partial charge in [0.05, 0.1) is 11.6 Å². The molecule has 0 bridgehead atoms. The van der Waals surface area contributed by atoms with E-state index in [9.17, 15) is 19.5 Å². The van der Waals surface area contributed by atoms with Gasteiger partial charge in [0.1, 0.15) is 5.76 Å². The molecule has 7 heteroatoms. The van der Waals surface area contributed by atoms with Crippen molar-refractivity contribution in [3.63, 3.8) is 0 Å². The lowest BCUT2D eigenvalue weighted by Gasteiger charge is -2.25. The highest BCUT2D eigenvalue weighted by atomic mass is 79.9. The number of ketones is 1. The smallest absolute Gasteiger partial charge is 0.300 e. The molecule has 3 aromatic rings.